The van der Waals surface area contributed by atoms with Crippen molar-refractivity contribution in [1.29, 1.82) is 0 Å². The van der Waals surface area contributed by atoms with E-state index in [4.69, 9.17) is 4.74 Å². The molecule has 0 saturated carbocycles. The number of ether oxygens (including phenoxy) is 1. The standard InChI is InChI=1S/C12H17FN2O3S/c1-10(11-4-2-3-5-12(11)13)14-19(16,17)15-6-8-18-9-7-15/h2-5,10,14H,6-9H2,1H3/t10-/m0/s1. The minimum absolute atomic E-state index is 0.319. The van der Waals surface area contributed by atoms with Gasteiger partial charge in [-0.15, -0.1) is 0 Å². The van der Waals surface area contributed by atoms with Crippen LogP contribution in [0.3, 0.4) is 0 Å². The smallest absolute Gasteiger partial charge is 0.280 e. The van der Waals surface area contributed by atoms with Crippen LogP contribution >= 0.6 is 0 Å². The predicted molar refractivity (Wildman–Crippen MR) is 69.3 cm³/mol. The summed E-state index contributed by atoms with van der Waals surface area (Å²) >= 11 is 0. The molecule has 1 saturated heterocycles. The van der Waals surface area contributed by atoms with E-state index in [-0.39, 0.29) is 0 Å². The maximum absolute atomic E-state index is 13.6. The van der Waals surface area contributed by atoms with Crippen LogP contribution in [0, 0.1) is 5.82 Å². The molecule has 1 aliphatic rings. The van der Waals surface area contributed by atoms with Gasteiger partial charge in [-0.3, -0.25) is 0 Å². The molecule has 0 unspecified atom stereocenters. The molecule has 0 radical (unpaired) electrons. The SMILES string of the molecule is C[C@H](NS(=O)(=O)N1CCOCC1)c1ccccc1F. The molecule has 1 aromatic carbocycles. The number of nitrogens with one attached hydrogen (secondary N) is 1. The largest absolute Gasteiger partial charge is 0.379 e. The van der Waals surface area contributed by atoms with Crippen LogP contribution < -0.4 is 4.72 Å². The second kappa shape index (κ2) is 5.96. The Bertz CT molecular complexity index is 530. The monoisotopic (exact) mass is 288 g/mol. The number of hydrogen-bond donors (Lipinski definition) is 1. The first kappa shape index (κ1) is 14.4. The summed E-state index contributed by atoms with van der Waals surface area (Å²) in [6.07, 6.45) is 0. The van der Waals surface area contributed by atoms with Gasteiger partial charge in [0.2, 0.25) is 0 Å². The van der Waals surface area contributed by atoms with Crippen LogP contribution in [0.5, 0.6) is 0 Å². The van der Waals surface area contributed by atoms with Gasteiger partial charge < -0.3 is 4.74 Å². The summed E-state index contributed by atoms with van der Waals surface area (Å²) in [5, 5.41) is 0. The molecular formula is C12H17FN2O3S. The zero-order valence-electron chi connectivity index (χ0n) is 10.7. The normalized spacial score (nSPS) is 19.3. The lowest BCUT2D eigenvalue weighted by Crippen LogP contribution is -2.47. The van der Waals surface area contributed by atoms with Crippen molar-refractivity contribution in [1.82, 2.24) is 9.03 Å². The minimum Gasteiger partial charge on any atom is -0.379 e. The lowest BCUT2D eigenvalue weighted by atomic mass is 10.1. The van der Waals surface area contributed by atoms with Crippen molar-refractivity contribution in [2.75, 3.05) is 26.3 Å². The highest BCUT2D eigenvalue weighted by molar-refractivity contribution is 7.87. The van der Waals surface area contributed by atoms with E-state index in [9.17, 15) is 12.8 Å². The highest BCUT2D eigenvalue weighted by Crippen LogP contribution is 2.18. The van der Waals surface area contributed by atoms with Crippen molar-refractivity contribution >= 4 is 10.2 Å². The first-order chi connectivity index (χ1) is 9.00. The Hall–Kier alpha value is -1.02. The molecule has 1 aromatic rings. The third kappa shape index (κ3) is 3.50. The zero-order chi connectivity index (χ0) is 13.9. The molecule has 2 rings (SSSR count). The van der Waals surface area contributed by atoms with E-state index >= 15 is 0 Å². The summed E-state index contributed by atoms with van der Waals surface area (Å²) in [4.78, 5) is 0. The van der Waals surface area contributed by atoms with Crippen LogP contribution in [0.15, 0.2) is 24.3 Å². The van der Waals surface area contributed by atoms with Crippen molar-refractivity contribution < 1.29 is 17.5 Å². The molecular weight excluding hydrogens is 271 g/mol. The quantitative estimate of drug-likeness (QED) is 0.901. The van der Waals surface area contributed by atoms with Crippen molar-refractivity contribution in [2.45, 2.75) is 13.0 Å². The number of benzene rings is 1. The summed E-state index contributed by atoms with van der Waals surface area (Å²) < 4.78 is 46.7. The third-order valence-corrected chi connectivity index (χ3v) is 4.70. The topological polar surface area (TPSA) is 58.6 Å². The summed E-state index contributed by atoms with van der Waals surface area (Å²) in [6, 6.07) is 5.52. The van der Waals surface area contributed by atoms with Crippen LogP contribution in [0.25, 0.3) is 0 Å². The number of morpholine rings is 1. The van der Waals surface area contributed by atoms with Gasteiger partial charge in [0.15, 0.2) is 0 Å². The summed E-state index contributed by atoms with van der Waals surface area (Å²) in [6.45, 7) is 3.03. The van der Waals surface area contributed by atoms with Crippen LogP contribution in [0.4, 0.5) is 4.39 Å². The fraction of sp³-hybridized carbons (Fsp3) is 0.500. The Labute approximate surface area is 112 Å². The Morgan fingerprint density at radius 2 is 1.95 bits per heavy atom. The molecule has 0 amide bonds. The molecule has 0 aromatic heterocycles. The predicted octanol–water partition coefficient (Wildman–Crippen LogP) is 1.05. The van der Waals surface area contributed by atoms with E-state index in [1.807, 2.05) is 0 Å². The van der Waals surface area contributed by atoms with Crippen LogP contribution in [-0.2, 0) is 14.9 Å². The fourth-order valence-electron chi connectivity index (χ4n) is 1.97. The molecule has 7 heteroatoms. The van der Waals surface area contributed by atoms with Crippen molar-refractivity contribution in [3.8, 4) is 0 Å². The van der Waals surface area contributed by atoms with E-state index in [0.717, 1.165) is 0 Å². The third-order valence-electron chi connectivity index (χ3n) is 3.01. The molecule has 1 fully saturated rings. The summed E-state index contributed by atoms with van der Waals surface area (Å²) in [7, 11) is -3.61. The molecule has 5 nitrogen and oxygen atoms in total. The maximum atomic E-state index is 13.6. The molecule has 1 atom stereocenters. The molecule has 0 bridgehead atoms. The summed E-state index contributed by atoms with van der Waals surface area (Å²) in [5.74, 6) is -0.417. The lowest BCUT2D eigenvalue weighted by molar-refractivity contribution is 0.0723. The maximum Gasteiger partial charge on any atom is 0.280 e. The van der Waals surface area contributed by atoms with Crippen LogP contribution in [-0.4, -0.2) is 39.0 Å². The highest BCUT2D eigenvalue weighted by atomic mass is 32.2. The van der Waals surface area contributed by atoms with E-state index in [1.165, 1.54) is 10.4 Å². The van der Waals surface area contributed by atoms with Gasteiger partial charge >= 0.3 is 0 Å². The van der Waals surface area contributed by atoms with Crippen LogP contribution in [0.2, 0.25) is 0 Å². The fourth-order valence-corrected chi connectivity index (χ4v) is 3.33. The number of rotatable bonds is 4. The van der Waals surface area contributed by atoms with Gasteiger partial charge in [0, 0.05) is 24.7 Å². The van der Waals surface area contributed by atoms with Crippen LogP contribution in [0.1, 0.15) is 18.5 Å². The molecule has 106 valence electrons. The number of halogens is 1. The van der Waals surface area contributed by atoms with E-state index in [2.05, 4.69) is 4.72 Å². The first-order valence-electron chi connectivity index (χ1n) is 6.10. The molecule has 1 heterocycles. The van der Waals surface area contributed by atoms with Gasteiger partial charge in [-0.1, -0.05) is 18.2 Å². The Kier molecular flexibility index (Phi) is 4.51. The second-order valence-electron chi connectivity index (χ2n) is 4.38. The lowest BCUT2D eigenvalue weighted by Gasteiger charge is -2.27. The van der Waals surface area contributed by atoms with Crippen molar-refractivity contribution in [2.24, 2.45) is 0 Å². The average Bonchev–Trinajstić information content (AvgIpc) is 2.39. The van der Waals surface area contributed by atoms with Crippen molar-refractivity contribution in [3.05, 3.63) is 35.6 Å². The minimum atomic E-state index is -3.61. The first-order valence-corrected chi connectivity index (χ1v) is 7.54. The molecule has 0 aliphatic carbocycles. The van der Waals surface area contributed by atoms with Gasteiger partial charge in [-0.25, -0.2) is 4.39 Å². The number of nitrogens with zero attached hydrogens (tertiary/aromatic N) is 1. The Morgan fingerprint density at radius 1 is 1.32 bits per heavy atom. The molecule has 1 N–H and O–H groups in total. The Balaban J connectivity index is 2.09. The van der Waals surface area contributed by atoms with E-state index in [1.54, 1.807) is 25.1 Å². The average molecular weight is 288 g/mol. The van der Waals surface area contributed by atoms with Gasteiger partial charge in [-0.05, 0) is 13.0 Å². The molecule has 0 spiro atoms. The molecule has 1 aliphatic heterocycles. The summed E-state index contributed by atoms with van der Waals surface area (Å²) in [5.41, 5.74) is 0.333. The molecule has 19 heavy (non-hydrogen) atoms. The van der Waals surface area contributed by atoms with Gasteiger partial charge in [0.25, 0.3) is 10.2 Å². The number of hydrogen-bond acceptors (Lipinski definition) is 3. The Morgan fingerprint density at radius 3 is 2.58 bits per heavy atom. The van der Waals surface area contributed by atoms with Gasteiger partial charge in [0.1, 0.15) is 5.82 Å². The second-order valence-corrected chi connectivity index (χ2v) is 6.08. The van der Waals surface area contributed by atoms with Crippen molar-refractivity contribution in [3.63, 3.8) is 0 Å². The zero-order valence-corrected chi connectivity index (χ0v) is 11.5. The van der Waals surface area contributed by atoms with E-state index in [0.29, 0.717) is 31.9 Å². The van der Waals surface area contributed by atoms with Gasteiger partial charge in [0.05, 0.1) is 13.2 Å². The van der Waals surface area contributed by atoms with Gasteiger partial charge in [-0.2, -0.15) is 17.4 Å². The van der Waals surface area contributed by atoms with E-state index < -0.39 is 22.1 Å². The highest BCUT2D eigenvalue weighted by Gasteiger charge is 2.26.